The fraction of sp³-hybridized carbons (Fsp3) is 0.706. The second-order valence-electron chi connectivity index (χ2n) is 8.42. The van der Waals surface area contributed by atoms with Gasteiger partial charge in [0, 0.05) is 19.5 Å². The van der Waals surface area contributed by atoms with E-state index in [1.807, 2.05) is 25.5 Å². The summed E-state index contributed by atoms with van der Waals surface area (Å²) < 4.78 is 7.35. The molecule has 0 radical (unpaired) electrons. The van der Waals surface area contributed by atoms with Gasteiger partial charge in [-0.15, -0.1) is 0 Å². The van der Waals surface area contributed by atoms with Crippen LogP contribution in [0.25, 0.3) is 0 Å². The maximum absolute atomic E-state index is 12.4. The highest BCUT2D eigenvalue weighted by molar-refractivity contribution is 5.96. The molecular formula is C17H26N4O3. The summed E-state index contributed by atoms with van der Waals surface area (Å²) in [5.41, 5.74) is 1.16. The van der Waals surface area contributed by atoms with Crippen molar-refractivity contribution in [2.75, 3.05) is 18.0 Å². The third-order valence-corrected chi connectivity index (χ3v) is 4.31. The first-order valence-corrected chi connectivity index (χ1v) is 8.39. The van der Waals surface area contributed by atoms with E-state index in [1.165, 1.54) is 0 Å². The van der Waals surface area contributed by atoms with Crippen LogP contribution in [0, 0.1) is 5.41 Å². The molecule has 0 atom stereocenters. The molecule has 0 spiro atoms. The number of rotatable bonds is 1. The zero-order valence-corrected chi connectivity index (χ0v) is 15.1. The summed E-state index contributed by atoms with van der Waals surface area (Å²) in [5, 5.41) is 4.40. The maximum atomic E-state index is 12.4. The van der Waals surface area contributed by atoms with E-state index in [-0.39, 0.29) is 17.4 Å². The Morgan fingerprint density at radius 2 is 2.00 bits per heavy atom. The molecular weight excluding hydrogens is 308 g/mol. The van der Waals surface area contributed by atoms with Gasteiger partial charge in [0.15, 0.2) is 0 Å². The number of hydrogen-bond acceptors (Lipinski definition) is 4. The third kappa shape index (κ3) is 3.25. The first kappa shape index (κ1) is 16.8. The molecule has 0 N–H and O–H groups in total. The van der Waals surface area contributed by atoms with Crippen LogP contribution in [-0.2, 0) is 22.6 Å². The minimum absolute atomic E-state index is 0.0363. The minimum Gasteiger partial charge on any atom is -0.444 e. The highest BCUT2D eigenvalue weighted by Gasteiger charge is 2.39. The first-order chi connectivity index (χ1) is 11.1. The van der Waals surface area contributed by atoms with Crippen LogP contribution in [-0.4, -0.2) is 45.4 Å². The molecule has 1 aromatic heterocycles. The fourth-order valence-corrected chi connectivity index (χ4v) is 3.24. The Morgan fingerprint density at radius 1 is 1.29 bits per heavy atom. The average Bonchev–Trinajstić information content (AvgIpc) is 2.96. The van der Waals surface area contributed by atoms with Crippen molar-refractivity contribution >= 4 is 17.7 Å². The van der Waals surface area contributed by atoms with Gasteiger partial charge in [-0.05, 0) is 26.2 Å². The number of hydrogen-bond donors (Lipinski definition) is 0. The summed E-state index contributed by atoms with van der Waals surface area (Å²) in [4.78, 5) is 28.2. The van der Waals surface area contributed by atoms with E-state index in [2.05, 4.69) is 18.9 Å². The van der Waals surface area contributed by atoms with E-state index in [0.29, 0.717) is 32.6 Å². The van der Waals surface area contributed by atoms with Gasteiger partial charge in [0.05, 0.1) is 30.7 Å². The Balaban J connectivity index is 1.81. The zero-order chi connectivity index (χ0) is 17.7. The van der Waals surface area contributed by atoms with E-state index < -0.39 is 5.60 Å². The van der Waals surface area contributed by atoms with Crippen molar-refractivity contribution < 1.29 is 14.3 Å². The fourth-order valence-electron chi connectivity index (χ4n) is 3.24. The lowest BCUT2D eigenvalue weighted by Gasteiger charge is -2.31. The highest BCUT2D eigenvalue weighted by atomic mass is 16.6. The second-order valence-corrected chi connectivity index (χ2v) is 8.42. The number of aromatic nitrogens is 2. The van der Waals surface area contributed by atoms with Gasteiger partial charge in [-0.2, -0.15) is 5.10 Å². The number of ether oxygens (including phenoxy) is 1. The number of anilines is 1. The van der Waals surface area contributed by atoms with Crippen molar-refractivity contribution in [1.82, 2.24) is 14.7 Å². The lowest BCUT2D eigenvalue weighted by molar-refractivity contribution is -0.117. The van der Waals surface area contributed by atoms with Gasteiger partial charge < -0.3 is 14.5 Å². The molecule has 0 aromatic carbocycles. The summed E-state index contributed by atoms with van der Waals surface area (Å²) in [5.74, 6) is 0.116. The van der Waals surface area contributed by atoms with Gasteiger partial charge in [0.1, 0.15) is 5.60 Å². The molecule has 1 aromatic rings. The summed E-state index contributed by atoms with van der Waals surface area (Å²) in [7, 11) is 0. The number of amides is 2. The van der Waals surface area contributed by atoms with Gasteiger partial charge in [0.2, 0.25) is 5.91 Å². The molecule has 2 aliphatic rings. The molecule has 2 aliphatic heterocycles. The quantitative estimate of drug-likeness (QED) is 0.791. The van der Waals surface area contributed by atoms with Crippen LogP contribution in [0.5, 0.6) is 0 Å². The SMILES string of the molecule is CC1(C)CC(=O)N(c2cnn3c2CN(C(=O)OC(C)(C)C)CC3)C1. The summed E-state index contributed by atoms with van der Waals surface area (Å²) in [6.45, 7) is 12.0. The third-order valence-electron chi connectivity index (χ3n) is 4.31. The molecule has 0 unspecified atom stereocenters. The van der Waals surface area contributed by atoms with Crippen molar-refractivity contribution in [3.63, 3.8) is 0 Å². The van der Waals surface area contributed by atoms with Crippen molar-refractivity contribution in [3.8, 4) is 0 Å². The van der Waals surface area contributed by atoms with Crippen LogP contribution in [0.3, 0.4) is 0 Å². The second kappa shape index (κ2) is 5.50. The van der Waals surface area contributed by atoms with Crippen LogP contribution < -0.4 is 4.90 Å². The highest BCUT2D eigenvalue weighted by Crippen LogP contribution is 2.36. The van der Waals surface area contributed by atoms with Gasteiger partial charge in [-0.25, -0.2) is 4.79 Å². The van der Waals surface area contributed by atoms with E-state index in [4.69, 9.17) is 4.74 Å². The van der Waals surface area contributed by atoms with Crippen LogP contribution in [0.1, 0.15) is 46.7 Å². The van der Waals surface area contributed by atoms with Crippen molar-refractivity contribution in [1.29, 1.82) is 0 Å². The number of carbonyl (C=O) groups is 2. The van der Waals surface area contributed by atoms with Crippen molar-refractivity contribution in [3.05, 3.63) is 11.9 Å². The molecule has 7 heteroatoms. The maximum Gasteiger partial charge on any atom is 0.410 e. The largest absolute Gasteiger partial charge is 0.444 e. The zero-order valence-electron chi connectivity index (χ0n) is 15.1. The van der Waals surface area contributed by atoms with E-state index in [9.17, 15) is 9.59 Å². The van der Waals surface area contributed by atoms with Crippen LogP contribution in [0.2, 0.25) is 0 Å². The molecule has 0 bridgehead atoms. The first-order valence-electron chi connectivity index (χ1n) is 8.39. The summed E-state index contributed by atoms with van der Waals surface area (Å²) >= 11 is 0. The van der Waals surface area contributed by atoms with E-state index in [1.54, 1.807) is 16.0 Å². The van der Waals surface area contributed by atoms with Gasteiger partial charge in [-0.3, -0.25) is 9.48 Å². The Hall–Kier alpha value is -2.05. The van der Waals surface area contributed by atoms with Gasteiger partial charge in [0.25, 0.3) is 0 Å². The molecule has 7 nitrogen and oxygen atoms in total. The lowest BCUT2D eigenvalue weighted by Crippen LogP contribution is -2.42. The normalized spacial score (nSPS) is 20.3. The molecule has 2 amide bonds. The van der Waals surface area contributed by atoms with E-state index >= 15 is 0 Å². The Kier molecular flexibility index (Phi) is 3.85. The monoisotopic (exact) mass is 334 g/mol. The lowest BCUT2D eigenvalue weighted by atomic mass is 9.93. The molecule has 0 saturated carbocycles. The molecule has 3 heterocycles. The molecule has 0 aliphatic carbocycles. The van der Waals surface area contributed by atoms with Crippen LogP contribution in [0.4, 0.5) is 10.5 Å². The topological polar surface area (TPSA) is 67.7 Å². The van der Waals surface area contributed by atoms with Gasteiger partial charge in [-0.1, -0.05) is 13.8 Å². The Bertz CT molecular complexity index is 672. The molecule has 1 fully saturated rings. The molecule has 132 valence electrons. The predicted molar refractivity (Wildman–Crippen MR) is 89.6 cm³/mol. The summed E-state index contributed by atoms with van der Waals surface area (Å²) in [6, 6.07) is 0. The molecule has 1 saturated heterocycles. The number of carbonyl (C=O) groups excluding carboxylic acids is 2. The number of nitrogens with zero attached hydrogens (tertiary/aromatic N) is 4. The minimum atomic E-state index is -0.521. The summed E-state index contributed by atoms with van der Waals surface area (Å²) in [6.07, 6.45) is 1.95. The predicted octanol–water partition coefficient (Wildman–Crippen LogP) is 2.40. The number of fused-ring (bicyclic) bond motifs is 1. The van der Waals surface area contributed by atoms with Crippen molar-refractivity contribution in [2.24, 2.45) is 5.41 Å². The smallest absolute Gasteiger partial charge is 0.410 e. The Labute approximate surface area is 142 Å². The average molecular weight is 334 g/mol. The Morgan fingerprint density at radius 3 is 2.58 bits per heavy atom. The van der Waals surface area contributed by atoms with Crippen LogP contribution in [0.15, 0.2) is 6.20 Å². The molecule has 3 rings (SSSR count). The van der Waals surface area contributed by atoms with E-state index in [0.717, 1.165) is 11.4 Å². The van der Waals surface area contributed by atoms with Crippen molar-refractivity contribution in [2.45, 2.75) is 59.7 Å². The molecule has 24 heavy (non-hydrogen) atoms. The van der Waals surface area contributed by atoms with Gasteiger partial charge >= 0.3 is 6.09 Å². The van der Waals surface area contributed by atoms with Crippen LogP contribution >= 0.6 is 0 Å². The standard InChI is InChI=1S/C17H26N4O3/c1-16(2,3)24-15(23)19-6-7-21-13(10-19)12(9-18-21)20-11-17(4,5)8-14(20)22/h9H,6-8,10-11H2,1-5H3.